The van der Waals surface area contributed by atoms with Gasteiger partial charge in [-0.3, -0.25) is 4.79 Å². The van der Waals surface area contributed by atoms with Crippen molar-refractivity contribution in [3.63, 3.8) is 0 Å². The molecule has 0 bridgehead atoms. The quantitative estimate of drug-likeness (QED) is 0.828. The number of benzene rings is 1. The number of hydrogen-bond donors (Lipinski definition) is 1. The molecule has 1 atom stereocenters. The van der Waals surface area contributed by atoms with Gasteiger partial charge in [-0.25, -0.2) is 0 Å². The number of carbonyl (C=O) groups is 1. The van der Waals surface area contributed by atoms with E-state index in [0.29, 0.717) is 5.78 Å². The van der Waals surface area contributed by atoms with Crippen molar-refractivity contribution in [3.8, 4) is 0 Å². The van der Waals surface area contributed by atoms with Gasteiger partial charge >= 0.3 is 0 Å². The highest BCUT2D eigenvalue weighted by atomic mass is 16.1. The van der Waals surface area contributed by atoms with Crippen molar-refractivity contribution < 1.29 is 4.79 Å². The van der Waals surface area contributed by atoms with Crippen molar-refractivity contribution in [1.29, 1.82) is 0 Å². The van der Waals surface area contributed by atoms with Crippen molar-refractivity contribution in [1.82, 2.24) is 5.32 Å². The van der Waals surface area contributed by atoms with Crippen LogP contribution >= 0.6 is 0 Å². The number of piperidine rings is 1. The molecule has 1 aliphatic rings. The van der Waals surface area contributed by atoms with Gasteiger partial charge in [-0.1, -0.05) is 24.6 Å². The van der Waals surface area contributed by atoms with Gasteiger partial charge in [0.15, 0.2) is 5.78 Å². The Morgan fingerprint density at radius 1 is 1.39 bits per heavy atom. The molecule has 1 aromatic rings. The molecule has 1 aliphatic heterocycles. The predicted octanol–water partition coefficient (Wildman–Crippen LogP) is 3.27. The van der Waals surface area contributed by atoms with Crippen LogP contribution in [0.25, 0.3) is 0 Å². The first-order chi connectivity index (χ1) is 8.59. The van der Waals surface area contributed by atoms with Crippen LogP contribution in [0.3, 0.4) is 0 Å². The normalized spacial score (nSPS) is 23.9. The fourth-order valence-corrected chi connectivity index (χ4v) is 2.89. The molecule has 98 valence electrons. The van der Waals surface area contributed by atoms with Gasteiger partial charge in [0.25, 0.3) is 0 Å². The molecule has 1 heterocycles. The van der Waals surface area contributed by atoms with E-state index in [4.69, 9.17) is 0 Å². The van der Waals surface area contributed by atoms with E-state index in [1.807, 2.05) is 19.9 Å². The lowest BCUT2D eigenvalue weighted by atomic mass is 9.72. The van der Waals surface area contributed by atoms with E-state index < -0.39 is 0 Å². The van der Waals surface area contributed by atoms with E-state index in [1.165, 1.54) is 5.56 Å². The number of rotatable bonds is 3. The molecule has 1 aromatic carbocycles. The van der Waals surface area contributed by atoms with Crippen molar-refractivity contribution >= 4 is 5.78 Å². The Hall–Kier alpha value is -1.15. The van der Waals surface area contributed by atoms with Crippen molar-refractivity contribution in [2.45, 2.75) is 40.0 Å². The third-order valence-corrected chi connectivity index (χ3v) is 4.27. The monoisotopic (exact) mass is 245 g/mol. The summed E-state index contributed by atoms with van der Waals surface area (Å²) in [5.41, 5.74) is 3.00. The minimum atomic E-state index is -0.184. The van der Waals surface area contributed by atoms with E-state index in [2.05, 4.69) is 24.4 Å². The molecular weight excluding hydrogens is 222 g/mol. The first kappa shape index (κ1) is 13.3. The summed E-state index contributed by atoms with van der Waals surface area (Å²) in [6, 6.07) is 6.18. The average Bonchev–Trinajstić information content (AvgIpc) is 2.41. The summed E-state index contributed by atoms with van der Waals surface area (Å²) in [5, 5.41) is 3.39. The molecule has 0 radical (unpaired) electrons. The highest BCUT2D eigenvalue weighted by Gasteiger charge is 2.38. The first-order valence-electron chi connectivity index (χ1n) is 6.92. The second-order valence-corrected chi connectivity index (χ2v) is 5.56. The van der Waals surface area contributed by atoms with Crippen molar-refractivity contribution in [3.05, 3.63) is 34.9 Å². The third-order valence-electron chi connectivity index (χ3n) is 4.27. The lowest BCUT2D eigenvalue weighted by Gasteiger charge is -2.36. The summed E-state index contributed by atoms with van der Waals surface area (Å²) in [7, 11) is 0. The standard InChI is InChI=1S/C16H23NO/c1-4-16(8-5-9-17-11-16)15(18)14-10-12(2)6-7-13(14)3/h6-7,10,17H,4-5,8-9,11H2,1-3H3. The minimum Gasteiger partial charge on any atom is -0.316 e. The minimum absolute atomic E-state index is 0.184. The van der Waals surface area contributed by atoms with Crippen LogP contribution in [0.2, 0.25) is 0 Å². The Labute approximate surface area is 110 Å². The zero-order valence-corrected chi connectivity index (χ0v) is 11.7. The van der Waals surface area contributed by atoms with Gasteiger partial charge in [0.2, 0.25) is 0 Å². The zero-order valence-electron chi connectivity index (χ0n) is 11.7. The largest absolute Gasteiger partial charge is 0.316 e. The summed E-state index contributed by atoms with van der Waals surface area (Å²) in [6.45, 7) is 8.09. The van der Waals surface area contributed by atoms with Crippen LogP contribution in [0.5, 0.6) is 0 Å². The van der Waals surface area contributed by atoms with E-state index in [0.717, 1.165) is 43.5 Å². The molecule has 0 spiro atoms. The maximum absolute atomic E-state index is 12.9. The molecule has 2 heteroatoms. The van der Waals surface area contributed by atoms with Crippen molar-refractivity contribution in [2.75, 3.05) is 13.1 Å². The number of hydrogen-bond acceptors (Lipinski definition) is 2. The van der Waals surface area contributed by atoms with E-state index in [-0.39, 0.29) is 5.41 Å². The topological polar surface area (TPSA) is 29.1 Å². The molecule has 0 amide bonds. The molecule has 18 heavy (non-hydrogen) atoms. The first-order valence-corrected chi connectivity index (χ1v) is 6.92. The summed E-state index contributed by atoms with van der Waals surface area (Å²) in [4.78, 5) is 12.9. The summed E-state index contributed by atoms with van der Waals surface area (Å²) in [5.74, 6) is 0.332. The second kappa shape index (κ2) is 5.23. The van der Waals surface area contributed by atoms with Crippen LogP contribution in [0, 0.1) is 19.3 Å². The Kier molecular flexibility index (Phi) is 3.86. The molecule has 1 unspecified atom stereocenters. The lowest BCUT2D eigenvalue weighted by Crippen LogP contribution is -2.45. The number of ketones is 1. The fourth-order valence-electron chi connectivity index (χ4n) is 2.89. The maximum Gasteiger partial charge on any atom is 0.170 e. The van der Waals surface area contributed by atoms with Gasteiger partial charge in [0, 0.05) is 17.5 Å². The highest BCUT2D eigenvalue weighted by Crippen LogP contribution is 2.34. The summed E-state index contributed by atoms with van der Waals surface area (Å²) < 4.78 is 0. The van der Waals surface area contributed by atoms with Gasteiger partial charge in [-0.15, -0.1) is 0 Å². The number of carbonyl (C=O) groups excluding carboxylic acids is 1. The predicted molar refractivity (Wildman–Crippen MR) is 75.1 cm³/mol. The number of aryl methyl sites for hydroxylation is 2. The molecule has 1 N–H and O–H groups in total. The van der Waals surface area contributed by atoms with Crippen LogP contribution < -0.4 is 5.32 Å². The molecule has 2 nitrogen and oxygen atoms in total. The smallest absolute Gasteiger partial charge is 0.170 e. The third kappa shape index (κ3) is 2.35. The lowest BCUT2D eigenvalue weighted by molar-refractivity contribution is 0.0730. The molecule has 2 rings (SSSR count). The van der Waals surface area contributed by atoms with Crippen LogP contribution in [0.1, 0.15) is 47.7 Å². The summed E-state index contributed by atoms with van der Waals surface area (Å²) >= 11 is 0. The van der Waals surface area contributed by atoms with Gasteiger partial charge in [0.1, 0.15) is 0 Å². The van der Waals surface area contributed by atoms with Gasteiger partial charge in [-0.05, 0) is 51.3 Å². The molecule has 1 fully saturated rings. The Morgan fingerprint density at radius 3 is 2.78 bits per heavy atom. The van der Waals surface area contributed by atoms with E-state index in [1.54, 1.807) is 0 Å². The molecular formula is C16H23NO. The number of nitrogens with one attached hydrogen (secondary N) is 1. The zero-order chi connectivity index (χ0) is 13.2. The Morgan fingerprint density at radius 2 is 2.17 bits per heavy atom. The average molecular weight is 245 g/mol. The molecule has 0 saturated carbocycles. The molecule has 0 aliphatic carbocycles. The summed E-state index contributed by atoms with van der Waals surface area (Å²) in [6.07, 6.45) is 3.04. The van der Waals surface area contributed by atoms with Crippen LogP contribution in [-0.2, 0) is 0 Å². The van der Waals surface area contributed by atoms with Crippen molar-refractivity contribution in [2.24, 2.45) is 5.41 Å². The SMILES string of the molecule is CCC1(C(=O)c2cc(C)ccc2C)CCCNC1. The Bertz CT molecular complexity index is 444. The van der Waals surface area contributed by atoms with Crippen LogP contribution in [-0.4, -0.2) is 18.9 Å². The maximum atomic E-state index is 12.9. The second-order valence-electron chi connectivity index (χ2n) is 5.56. The number of Topliss-reactive ketones (excluding diaryl/α,β-unsaturated/α-hetero) is 1. The van der Waals surface area contributed by atoms with E-state index >= 15 is 0 Å². The van der Waals surface area contributed by atoms with Gasteiger partial charge in [-0.2, -0.15) is 0 Å². The van der Waals surface area contributed by atoms with E-state index in [9.17, 15) is 4.79 Å². The fraction of sp³-hybridized carbons (Fsp3) is 0.562. The highest BCUT2D eigenvalue weighted by molar-refractivity contribution is 6.02. The molecule has 1 saturated heterocycles. The molecule has 0 aromatic heterocycles. The van der Waals surface area contributed by atoms with Crippen LogP contribution in [0.4, 0.5) is 0 Å². The van der Waals surface area contributed by atoms with Crippen LogP contribution in [0.15, 0.2) is 18.2 Å². The van der Waals surface area contributed by atoms with Gasteiger partial charge in [0.05, 0.1) is 0 Å². The Balaban J connectivity index is 2.36. The van der Waals surface area contributed by atoms with Gasteiger partial charge < -0.3 is 5.32 Å².